The summed E-state index contributed by atoms with van der Waals surface area (Å²) >= 11 is 0. The van der Waals surface area contributed by atoms with E-state index in [1.807, 2.05) is 44.3 Å². The Morgan fingerprint density at radius 3 is 2.67 bits per heavy atom. The maximum atomic E-state index is 13.2. The van der Waals surface area contributed by atoms with Crippen molar-refractivity contribution < 1.29 is 8.81 Å². The molecule has 0 aliphatic rings. The van der Waals surface area contributed by atoms with Crippen LogP contribution in [-0.4, -0.2) is 7.05 Å². The number of halogens is 1. The predicted molar refractivity (Wildman–Crippen MR) is 82.9 cm³/mol. The minimum absolute atomic E-state index is 0.0709. The SMILES string of the molecule is CNC(Cc1ccc(F)cc1C)c1cc2ccccc2o1. The molecule has 0 aliphatic heterocycles. The highest BCUT2D eigenvalue weighted by atomic mass is 19.1. The lowest BCUT2D eigenvalue weighted by Crippen LogP contribution is -2.18. The van der Waals surface area contributed by atoms with Gasteiger partial charge in [-0.2, -0.15) is 0 Å². The van der Waals surface area contributed by atoms with Crippen LogP contribution in [0.25, 0.3) is 11.0 Å². The van der Waals surface area contributed by atoms with E-state index in [0.29, 0.717) is 0 Å². The van der Waals surface area contributed by atoms with E-state index >= 15 is 0 Å². The van der Waals surface area contributed by atoms with Gasteiger partial charge in [0.25, 0.3) is 0 Å². The third-order valence-corrected chi connectivity index (χ3v) is 3.87. The number of rotatable bonds is 4. The van der Waals surface area contributed by atoms with E-state index < -0.39 is 0 Å². The van der Waals surface area contributed by atoms with Crippen molar-refractivity contribution in [2.45, 2.75) is 19.4 Å². The van der Waals surface area contributed by atoms with Crippen molar-refractivity contribution in [1.82, 2.24) is 5.32 Å². The number of aryl methyl sites for hydroxylation is 1. The molecule has 1 N–H and O–H groups in total. The van der Waals surface area contributed by atoms with Gasteiger partial charge in [-0.15, -0.1) is 0 Å². The van der Waals surface area contributed by atoms with Gasteiger partial charge in [-0.1, -0.05) is 24.3 Å². The molecule has 1 atom stereocenters. The van der Waals surface area contributed by atoms with E-state index in [1.54, 1.807) is 6.07 Å². The second-order valence-electron chi connectivity index (χ2n) is 5.30. The van der Waals surface area contributed by atoms with Crippen LogP contribution in [0.15, 0.2) is 52.9 Å². The largest absolute Gasteiger partial charge is 0.459 e. The molecular weight excluding hydrogens is 265 g/mol. The molecule has 0 saturated heterocycles. The van der Waals surface area contributed by atoms with Crippen LogP contribution in [0.4, 0.5) is 4.39 Å². The zero-order valence-electron chi connectivity index (χ0n) is 12.2. The van der Waals surface area contributed by atoms with Gasteiger partial charge < -0.3 is 9.73 Å². The van der Waals surface area contributed by atoms with Gasteiger partial charge in [-0.05, 0) is 55.8 Å². The summed E-state index contributed by atoms with van der Waals surface area (Å²) in [6, 6.07) is 15.0. The zero-order chi connectivity index (χ0) is 14.8. The molecule has 2 aromatic carbocycles. The Bertz CT molecular complexity index is 730. The van der Waals surface area contributed by atoms with E-state index in [0.717, 1.165) is 34.3 Å². The fourth-order valence-corrected chi connectivity index (χ4v) is 2.63. The summed E-state index contributed by atoms with van der Waals surface area (Å²) in [5.41, 5.74) is 2.98. The van der Waals surface area contributed by atoms with E-state index in [-0.39, 0.29) is 11.9 Å². The van der Waals surface area contributed by atoms with Crippen molar-refractivity contribution in [3.05, 3.63) is 71.2 Å². The highest BCUT2D eigenvalue weighted by molar-refractivity contribution is 5.77. The molecule has 1 heterocycles. The van der Waals surface area contributed by atoms with Crippen molar-refractivity contribution in [1.29, 1.82) is 0 Å². The van der Waals surface area contributed by atoms with Gasteiger partial charge in [-0.3, -0.25) is 0 Å². The Morgan fingerprint density at radius 2 is 1.95 bits per heavy atom. The molecule has 0 radical (unpaired) electrons. The number of furan rings is 1. The fraction of sp³-hybridized carbons (Fsp3) is 0.222. The Hall–Kier alpha value is -2.13. The van der Waals surface area contributed by atoms with Crippen molar-refractivity contribution in [2.75, 3.05) is 7.05 Å². The van der Waals surface area contributed by atoms with Crippen LogP contribution >= 0.6 is 0 Å². The minimum atomic E-state index is -0.194. The van der Waals surface area contributed by atoms with E-state index in [4.69, 9.17) is 4.42 Å². The topological polar surface area (TPSA) is 25.2 Å². The minimum Gasteiger partial charge on any atom is -0.459 e. The summed E-state index contributed by atoms with van der Waals surface area (Å²) < 4.78 is 19.1. The molecule has 0 bridgehead atoms. The van der Waals surface area contributed by atoms with Crippen LogP contribution in [0, 0.1) is 12.7 Å². The van der Waals surface area contributed by atoms with Gasteiger partial charge in [0.05, 0.1) is 6.04 Å². The summed E-state index contributed by atoms with van der Waals surface area (Å²) in [5.74, 6) is 0.711. The zero-order valence-corrected chi connectivity index (χ0v) is 12.2. The molecule has 3 heteroatoms. The Morgan fingerprint density at radius 1 is 1.14 bits per heavy atom. The van der Waals surface area contributed by atoms with Crippen LogP contribution in [0.3, 0.4) is 0 Å². The predicted octanol–water partition coefficient (Wildman–Crippen LogP) is 4.38. The van der Waals surface area contributed by atoms with Crippen molar-refractivity contribution in [3.63, 3.8) is 0 Å². The second kappa shape index (κ2) is 5.70. The molecule has 0 amide bonds. The molecule has 0 aliphatic carbocycles. The van der Waals surface area contributed by atoms with Crippen molar-refractivity contribution in [2.24, 2.45) is 0 Å². The number of nitrogens with one attached hydrogen (secondary N) is 1. The summed E-state index contributed by atoms with van der Waals surface area (Å²) in [6.45, 7) is 1.93. The summed E-state index contributed by atoms with van der Waals surface area (Å²) in [5, 5.41) is 4.38. The standard InChI is InChI=1S/C18H18FNO/c1-12-9-15(19)8-7-13(12)10-16(20-2)18-11-14-5-3-4-6-17(14)21-18/h3-9,11,16,20H,10H2,1-2H3. The normalized spacial score (nSPS) is 12.7. The molecule has 3 aromatic rings. The summed E-state index contributed by atoms with van der Waals surface area (Å²) in [7, 11) is 1.91. The third-order valence-electron chi connectivity index (χ3n) is 3.87. The van der Waals surface area contributed by atoms with Crippen LogP contribution in [0.5, 0.6) is 0 Å². The Balaban J connectivity index is 1.90. The van der Waals surface area contributed by atoms with Crippen molar-refractivity contribution in [3.8, 4) is 0 Å². The molecule has 0 saturated carbocycles. The van der Waals surface area contributed by atoms with Crippen LogP contribution in [-0.2, 0) is 6.42 Å². The lowest BCUT2D eigenvalue weighted by atomic mass is 9.99. The highest BCUT2D eigenvalue weighted by Crippen LogP contribution is 2.26. The van der Waals surface area contributed by atoms with Gasteiger partial charge in [0.2, 0.25) is 0 Å². The first kappa shape index (κ1) is 13.8. The monoisotopic (exact) mass is 283 g/mol. The first-order chi connectivity index (χ1) is 10.2. The van der Waals surface area contributed by atoms with E-state index in [2.05, 4.69) is 11.4 Å². The quantitative estimate of drug-likeness (QED) is 0.768. The highest BCUT2D eigenvalue weighted by Gasteiger charge is 2.16. The molecule has 2 nitrogen and oxygen atoms in total. The van der Waals surface area contributed by atoms with Crippen molar-refractivity contribution >= 4 is 11.0 Å². The Kier molecular flexibility index (Phi) is 3.76. The number of fused-ring (bicyclic) bond motifs is 1. The van der Waals surface area contributed by atoms with Gasteiger partial charge in [0.15, 0.2) is 0 Å². The first-order valence-corrected chi connectivity index (χ1v) is 7.08. The number of hydrogen-bond acceptors (Lipinski definition) is 2. The fourth-order valence-electron chi connectivity index (χ4n) is 2.63. The first-order valence-electron chi connectivity index (χ1n) is 7.08. The second-order valence-corrected chi connectivity index (χ2v) is 5.30. The maximum absolute atomic E-state index is 13.2. The lowest BCUT2D eigenvalue weighted by molar-refractivity contribution is 0.450. The number of para-hydroxylation sites is 1. The molecule has 1 aromatic heterocycles. The molecule has 3 rings (SSSR count). The van der Waals surface area contributed by atoms with Gasteiger partial charge >= 0.3 is 0 Å². The summed E-state index contributed by atoms with van der Waals surface area (Å²) in [6.07, 6.45) is 0.766. The number of likely N-dealkylation sites (N-methyl/N-ethyl adjacent to an activating group) is 1. The van der Waals surface area contributed by atoms with Crippen LogP contribution < -0.4 is 5.32 Å². The molecule has 21 heavy (non-hydrogen) atoms. The average Bonchev–Trinajstić information content (AvgIpc) is 2.90. The van der Waals surface area contributed by atoms with Gasteiger partial charge in [-0.25, -0.2) is 4.39 Å². The van der Waals surface area contributed by atoms with Crippen LogP contribution in [0.2, 0.25) is 0 Å². The molecule has 1 unspecified atom stereocenters. The molecule has 0 spiro atoms. The molecule has 108 valence electrons. The van der Waals surface area contributed by atoms with Gasteiger partial charge in [0, 0.05) is 5.39 Å². The summed E-state index contributed by atoms with van der Waals surface area (Å²) in [4.78, 5) is 0. The third kappa shape index (κ3) is 2.83. The number of hydrogen-bond donors (Lipinski definition) is 1. The van der Waals surface area contributed by atoms with Gasteiger partial charge in [0.1, 0.15) is 17.2 Å². The molecular formula is C18H18FNO. The average molecular weight is 283 g/mol. The lowest BCUT2D eigenvalue weighted by Gasteiger charge is -2.15. The van der Waals surface area contributed by atoms with E-state index in [9.17, 15) is 4.39 Å². The maximum Gasteiger partial charge on any atom is 0.134 e. The number of benzene rings is 2. The Labute approximate surface area is 123 Å². The van der Waals surface area contributed by atoms with Crippen LogP contribution in [0.1, 0.15) is 22.9 Å². The van der Waals surface area contributed by atoms with E-state index in [1.165, 1.54) is 6.07 Å². The smallest absolute Gasteiger partial charge is 0.134 e. The molecule has 0 fully saturated rings.